The summed E-state index contributed by atoms with van der Waals surface area (Å²) < 4.78 is 53.8. The topological polar surface area (TPSA) is 40.6 Å². The highest BCUT2D eigenvalue weighted by atomic mass is 19.2. The van der Waals surface area contributed by atoms with E-state index in [9.17, 15) is 27.2 Å². The Balaban J connectivity index is 1.55. The van der Waals surface area contributed by atoms with Crippen molar-refractivity contribution in [1.82, 2.24) is 9.80 Å². The summed E-state index contributed by atoms with van der Waals surface area (Å²) in [5.74, 6) is -5.86. The summed E-state index contributed by atoms with van der Waals surface area (Å²) in [5, 5.41) is 0. The summed E-state index contributed by atoms with van der Waals surface area (Å²) in [7, 11) is 0. The van der Waals surface area contributed by atoms with Crippen LogP contribution in [0, 0.1) is 23.3 Å². The van der Waals surface area contributed by atoms with E-state index < -0.39 is 28.9 Å². The quantitative estimate of drug-likeness (QED) is 0.591. The van der Waals surface area contributed by atoms with E-state index in [1.165, 1.54) is 11.0 Å². The monoisotopic (exact) mass is 394 g/mol. The van der Waals surface area contributed by atoms with Crippen molar-refractivity contribution in [2.75, 3.05) is 26.2 Å². The number of halogens is 4. The molecule has 3 rings (SSSR count). The van der Waals surface area contributed by atoms with Crippen molar-refractivity contribution in [3.63, 3.8) is 0 Å². The fourth-order valence-corrected chi connectivity index (χ4v) is 3.12. The standard InChI is InChI=1S/C20H18F4N2O2/c21-15-4-2-1-3-13(15)5-8-17(27)25-9-11-26(12-10-25)20(28)14-6-7-16(22)19(24)18(14)23/h1-4,6-7H,5,8-12H2. The van der Waals surface area contributed by atoms with E-state index in [0.29, 0.717) is 11.6 Å². The molecule has 148 valence electrons. The molecule has 4 nitrogen and oxygen atoms in total. The van der Waals surface area contributed by atoms with Gasteiger partial charge in [0.05, 0.1) is 5.56 Å². The van der Waals surface area contributed by atoms with E-state index >= 15 is 0 Å². The van der Waals surface area contributed by atoms with E-state index in [4.69, 9.17) is 0 Å². The van der Waals surface area contributed by atoms with Crippen molar-refractivity contribution < 1.29 is 27.2 Å². The van der Waals surface area contributed by atoms with E-state index in [0.717, 1.165) is 6.07 Å². The molecular formula is C20H18F4N2O2. The maximum absolute atomic E-state index is 13.8. The number of amides is 2. The maximum atomic E-state index is 13.8. The Kier molecular flexibility index (Phi) is 5.96. The highest BCUT2D eigenvalue weighted by molar-refractivity contribution is 5.94. The average molecular weight is 394 g/mol. The minimum Gasteiger partial charge on any atom is -0.339 e. The summed E-state index contributed by atoms with van der Waals surface area (Å²) in [5.41, 5.74) is -0.0864. The van der Waals surface area contributed by atoms with Crippen molar-refractivity contribution in [2.24, 2.45) is 0 Å². The predicted molar refractivity (Wildman–Crippen MR) is 93.5 cm³/mol. The number of nitrogens with zero attached hydrogens (tertiary/aromatic N) is 2. The van der Waals surface area contributed by atoms with E-state index in [1.807, 2.05) is 0 Å². The smallest absolute Gasteiger partial charge is 0.257 e. The molecule has 1 aliphatic rings. The molecule has 2 aromatic carbocycles. The van der Waals surface area contributed by atoms with Crippen LogP contribution in [0.15, 0.2) is 36.4 Å². The summed E-state index contributed by atoms with van der Waals surface area (Å²) in [4.78, 5) is 27.5. The number of benzene rings is 2. The molecule has 1 heterocycles. The van der Waals surface area contributed by atoms with Crippen LogP contribution >= 0.6 is 0 Å². The summed E-state index contributed by atoms with van der Waals surface area (Å²) in [6.07, 6.45) is 0.400. The van der Waals surface area contributed by atoms with Crippen LogP contribution < -0.4 is 0 Å². The van der Waals surface area contributed by atoms with Crippen molar-refractivity contribution in [2.45, 2.75) is 12.8 Å². The van der Waals surface area contributed by atoms with Gasteiger partial charge in [0.15, 0.2) is 17.5 Å². The molecule has 0 saturated carbocycles. The second kappa shape index (κ2) is 8.41. The average Bonchev–Trinajstić information content (AvgIpc) is 2.71. The maximum Gasteiger partial charge on any atom is 0.257 e. The zero-order valence-electron chi connectivity index (χ0n) is 14.9. The Hall–Kier alpha value is -2.90. The van der Waals surface area contributed by atoms with E-state index in [1.54, 1.807) is 23.1 Å². The Labute approximate surface area is 159 Å². The summed E-state index contributed by atoms with van der Waals surface area (Å²) in [6.45, 7) is 0.742. The van der Waals surface area contributed by atoms with Gasteiger partial charge >= 0.3 is 0 Å². The SMILES string of the molecule is O=C(CCc1ccccc1F)N1CCN(C(=O)c2ccc(F)c(F)c2F)CC1. The fraction of sp³-hybridized carbons (Fsp3) is 0.300. The predicted octanol–water partition coefficient (Wildman–Crippen LogP) is 3.16. The number of rotatable bonds is 4. The van der Waals surface area contributed by atoms with Crippen molar-refractivity contribution >= 4 is 11.8 Å². The molecule has 2 amide bonds. The zero-order chi connectivity index (χ0) is 20.3. The van der Waals surface area contributed by atoms with Crippen LogP contribution in [0.4, 0.5) is 17.6 Å². The van der Waals surface area contributed by atoms with Gasteiger partial charge in [0.2, 0.25) is 5.91 Å². The molecule has 0 radical (unpaired) electrons. The zero-order valence-corrected chi connectivity index (χ0v) is 14.9. The highest BCUT2D eigenvalue weighted by Gasteiger charge is 2.27. The molecule has 0 aromatic heterocycles. The van der Waals surface area contributed by atoms with Gasteiger partial charge in [-0.3, -0.25) is 9.59 Å². The van der Waals surface area contributed by atoms with Gasteiger partial charge in [0.1, 0.15) is 5.82 Å². The fourth-order valence-electron chi connectivity index (χ4n) is 3.12. The first kappa shape index (κ1) is 19.9. The van der Waals surface area contributed by atoms with Gasteiger partial charge in [-0.2, -0.15) is 0 Å². The molecule has 0 atom stereocenters. The van der Waals surface area contributed by atoms with Crippen LogP contribution in [0.1, 0.15) is 22.3 Å². The largest absolute Gasteiger partial charge is 0.339 e. The van der Waals surface area contributed by atoms with Gasteiger partial charge in [-0.1, -0.05) is 18.2 Å². The number of carbonyl (C=O) groups is 2. The van der Waals surface area contributed by atoms with Gasteiger partial charge in [0.25, 0.3) is 5.91 Å². The normalized spacial score (nSPS) is 14.3. The number of hydrogen-bond acceptors (Lipinski definition) is 2. The third kappa shape index (κ3) is 4.16. The summed E-state index contributed by atoms with van der Waals surface area (Å²) >= 11 is 0. The second-order valence-electron chi connectivity index (χ2n) is 6.49. The minimum atomic E-state index is -1.69. The van der Waals surface area contributed by atoms with Crippen LogP contribution in [0.3, 0.4) is 0 Å². The Morgan fingerprint density at radius 3 is 2.11 bits per heavy atom. The second-order valence-corrected chi connectivity index (χ2v) is 6.49. The van der Waals surface area contributed by atoms with Gasteiger partial charge in [-0.05, 0) is 30.2 Å². The van der Waals surface area contributed by atoms with Crippen LogP contribution in [0.25, 0.3) is 0 Å². The third-order valence-electron chi connectivity index (χ3n) is 4.75. The molecular weight excluding hydrogens is 376 g/mol. The first-order valence-corrected chi connectivity index (χ1v) is 8.82. The highest BCUT2D eigenvalue weighted by Crippen LogP contribution is 2.18. The van der Waals surface area contributed by atoms with Gasteiger partial charge < -0.3 is 9.80 Å². The van der Waals surface area contributed by atoms with E-state index in [2.05, 4.69) is 0 Å². The molecule has 1 saturated heterocycles. The molecule has 0 unspecified atom stereocenters. The number of carbonyl (C=O) groups excluding carboxylic acids is 2. The molecule has 8 heteroatoms. The first-order chi connectivity index (χ1) is 13.4. The number of aryl methyl sites for hydroxylation is 1. The number of hydrogen-bond donors (Lipinski definition) is 0. The summed E-state index contributed by atoms with van der Waals surface area (Å²) in [6, 6.07) is 7.84. The lowest BCUT2D eigenvalue weighted by Gasteiger charge is -2.35. The van der Waals surface area contributed by atoms with Gasteiger partial charge in [-0.15, -0.1) is 0 Å². The van der Waals surface area contributed by atoms with Gasteiger partial charge in [0, 0.05) is 32.6 Å². The third-order valence-corrected chi connectivity index (χ3v) is 4.75. The Bertz CT molecular complexity index is 896. The molecule has 0 spiro atoms. The van der Waals surface area contributed by atoms with Crippen LogP contribution in [-0.2, 0) is 11.2 Å². The lowest BCUT2D eigenvalue weighted by Crippen LogP contribution is -2.50. The van der Waals surface area contributed by atoms with Crippen LogP contribution in [0.5, 0.6) is 0 Å². The molecule has 0 aliphatic carbocycles. The first-order valence-electron chi connectivity index (χ1n) is 8.82. The lowest BCUT2D eigenvalue weighted by molar-refractivity contribution is -0.132. The Morgan fingerprint density at radius 1 is 0.786 bits per heavy atom. The number of piperazine rings is 1. The minimum absolute atomic E-state index is 0.132. The van der Waals surface area contributed by atoms with E-state index in [-0.39, 0.29) is 50.7 Å². The lowest BCUT2D eigenvalue weighted by atomic mass is 10.1. The molecule has 0 N–H and O–H groups in total. The molecule has 2 aromatic rings. The van der Waals surface area contributed by atoms with Crippen molar-refractivity contribution in [1.29, 1.82) is 0 Å². The molecule has 1 fully saturated rings. The molecule has 28 heavy (non-hydrogen) atoms. The van der Waals surface area contributed by atoms with Crippen molar-refractivity contribution in [3.05, 3.63) is 70.8 Å². The molecule has 1 aliphatic heterocycles. The molecule has 0 bridgehead atoms. The van der Waals surface area contributed by atoms with Crippen molar-refractivity contribution in [3.8, 4) is 0 Å². The van der Waals surface area contributed by atoms with Crippen LogP contribution in [0.2, 0.25) is 0 Å². The van der Waals surface area contributed by atoms with Gasteiger partial charge in [-0.25, -0.2) is 17.6 Å². The van der Waals surface area contributed by atoms with Crippen LogP contribution in [-0.4, -0.2) is 47.8 Å². The Morgan fingerprint density at radius 2 is 1.43 bits per heavy atom.